The molecule has 1 atom stereocenters. The van der Waals surface area contributed by atoms with E-state index in [9.17, 15) is 13.2 Å². The molecule has 0 aromatic heterocycles. The summed E-state index contributed by atoms with van der Waals surface area (Å²) < 4.78 is 32.6. The summed E-state index contributed by atoms with van der Waals surface area (Å²) in [5.41, 5.74) is 3.13. The first kappa shape index (κ1) is 21.3. The van der Waals surface area contributed by atoms with Crippen molar-refractivity contribution in [3.63, 3.8) is 0 Å². The fraction of sp³-hybridized carbons (Fsp3) is 0.409. The van der Waals surface area contributed by atoms with E-state index in [0.717, 1.165) is 25.7 Å². The van der Waals surface area contributed by atoms with Crippen molar-refractivity contribution in [3.8, 4) is 5.75 Å². The largest absolute Gasteiger partial charge is 0.484 e. The lowest BCUT2D eigenvalue weighted by molar-refractivity contribution is -0.124. The number of aryl methyl sites for hydroxylation is 2. The summed E-state index contributed by atoms with van der Waals surface area (Å²) in [5.74, 6) is 0.311. The second kappa shape index (κ2) is 9.41. The van der Waals surface area contributed by atoms with Gasteiger partial charge in [-0.25, -0.2) is 13.1 Å². The Labute approximate surface area is 172 Å². The van der Waals surface area contributed by atoms with Crippen LogP contribution in [0.4, 0.5) is 0 Å². The topological polar surface area (TPSA) is 84.5 Å². The molecule has 3 rings (SSSR count). The van der Waals surface area contributed by atoms with Gasteiger partial charge in [0.2, 0.25) is 10.0 Å². The van der Waals surface area contributed by atoms with Crippen LogP contribution in [-0.2, 0) is 21.2 Å². The number of hydrogen-bond donors (Lipinski definition) is 2. The van der Waals surface area contributed by atoms with E-state index in [0.29, 0.717) is 17.9 Å². The van der Waals surface area contributed by atoms with Gasteiger partial charge >= 0.3 is 0 Å². The Balaban J connectivity index is 1.60. The van der Waals surface area contributed by atoms with E-state index >= 15 is 0 Å². The van der Waals surface area contributed by atoms with Gasteiger partial charge in [0.1, 0.15) is 5.75 Å². The minimum Gasteiger partial charge on any atom is -0.484 e. The molecule has 1 aliphatic carbocycles. The van der Waals surface area contributed by atoms with E-state index in [1.807, 2.05) is 19.1 Å². The minimum absolute atomic E-state index is 0.00862. The molecular formula is C22H28N2O4S. The third-order valence-corrected chi connectivity index (χ3v) is 6.52. The van der Waals surface area contributed by atoms with Crippen LogP contribution in [0.2, 0.25) is 0 Å². The third-order valence-electron chi connectivity index (χ3n) is 5.06. The van der Waals surface area contributed by atoms with Crippen molar-refractivity contribution in [3.05, 3.63) is 59.2 Å². The number of benzene rings is 2. The number of fused-ring (bicyclic) bond motifs is 1. The Morgan fingerprint density at radius 1 is 1.21 bits per heavy atom. The van der Waals surface area contributed by atoms with Gasteiger partial charge in [-0.1, -0.05) is 31.2 Å². The molecule has 1 aliphatic rings. The van der Waals surface area contributed by atoms with Crippen LogP contribution in [-0.4, -0.2) is 27.5 Å². The van der Waals surface area contributed by atoms with Gasteiger partial charge in [0, 0.05) is 6.54 Å². The number of nitrogens with one attached hydrogen (secondary N) is 2. The molecule has 0 bridgehead atoms. The quantitative estimate of drug-likeness (QED) is 0.692. The SMILES string of the molecule is CCCNS(=O)(=O)c1ccc(OCC(=O)N[C@@H]2CCCc3ccccc32)c(C)c1. The van der Waals surface area contributed by atoms with Gasteiger partial charge in [0.15, 0.2) is 6.61 Å². The van der Waals surface area contributed by atoms with Crippen LogP contribution in [0.5, 0.6) is 5.75 Å². The van der Waals surface area contributed by atoms with Crippen LogP contribution in [0.15, 0.2) is 47.4 Å². The van der Waals surface area contributed by atoms with Gasteiger partial charge in [0.25, 0.3) is 5.91 Å². The van der Waals surface area contributed by atoms with Crippen LogP contribution in [0.3, 0.4) is 0 Å². The first-order valence-electron chi connectivity index (χ1n) is 10.0. The van der Waals surface area contributed by atoms with Crippen LogP contribution in [0.1, 0.15) is 48.9 Å². The van der Waals surface area contributed by atoms with Gasteiger partial charge in [-0.3, -0.25) is 4.79 Å². The fourth-order valence-corrected chi connectivity index (χ4v) is 4.77. The Bertz CT molecular complexity index is 973. The summed E-state index contributed by atoms with van der Waals surface area (Å²) in [5, 5.41) is 3.05. The molecule has 2 N–H and O–H groups in total. The summed E-state index contributed by atoms with van der Waals surface area (Å²) in [6.07, 6.45) is 3.73. The molecule has 0 heterocycles. The smallest absolute Gasteiger partial charge is 0.258 e. The molecule has 2 aromatic carbocycles. The fourth-order valence-electron chi connectivity index (χ4n) is 3.55. The second-order valence-electron chi connectivity index (χ2n) is 7.32. The van der Waals surface area contributed by atoms with Crippen molar-refractivity contribution >= 4 is 15.9 Å². The van der Waals surface area contributed by atoms with E-state index in [-0.39, 0.29) is 23.5 Å². The Hall–Kier alpha value is -2.38. The van der Waals surface area contributed by atoms with Crippen LogP contribution >= 0.6 is 0 Å². The Morgan fingerprint density at radius 2 is 2.00 bits per heavy atom. The molecular weight excluding hydrogens is 388 g/mol. The number of ether oxygens (including phenoxy) is 1. The van der Waals surface area contributed by atoms with Gasteiger partial charge in [-0.2, -0.15) is 0 Å². The van der Waals surface area contributed by atoms with Crippen molar-refractivity contribution < 1.29 is 17.9 Å². The second-order valence-corrected chi connectivity index (χ2v) is 9.09. The highest BCUT2D eigenvalue weighted by Gasteiger charge is 2.21. The van der Waals surface area contributed by atoms with Crippen molar-refractivity contribution in [2.75, 3.05) is 13.2 Å². The highest BCUT2D eigenvalue weighted by Crippen LogP contribution is 2.29. The predicted octanol–water partition coefficient (Wildman–Crippen LogP) is 3.26. The number of amides is 1. The summed E-state index contributed by atoms with van der Waals surface area (Å²) in [4.78, 5) is 12.6. The highest BCUT2D eigenvalue weighted by molar-refractivity contribution is 7.89. The average molecular weight is 417 g/mol. The normalized spacial score (nSPS) is 16.1. The van der Waals surface area contributed by atoms with Crippen molar-refractivity contribution in [2.45, 2.75) is 50.5 Å². The number of carbonyl (C=O) groups is 1. The van der Waals surface area contributed by atoms with E-state index in [4.69, 9.17) is 4.74 Å². The van der Waals surface area contributed by atoms with E-state index in [1.54, 1.807) is 19.1 Å². The van der Waals surface area contributed by atoms with Gasteiger partial charge < -0.3 is 10.1 Å². The molecule has 29 heavy (non-hydrogen) atoms. The lowest BCUT2D eigenvalue weighted by Crippen LogP contribution is -2.34. The number of carbonyl (C=O) groups excluding carboxylic acids is 1. The summed E-state index contributed by atoms with van der Waals surface area (Å²) in [6.45, 7) is 3.95. The Kier molecular flexibility index (Phi) is 6.92. The lowest BCUT2D eigenvalue weighted by Gasteiger charge is -2.26. The summed E-state index contributed by atoms with van der Waals surface area (Å²) in [6, 6.07) is 12.9. The minimum atomic E-state index is -3.53. The Morgan fingerprint density at radius 3 is 2.76 bits per heavy atom. The summed E-state index contributed by atoms with van der Waals surface area (Å²) in [7, 11) is -3.53. The number of hydrogen-bond acceptors (Lipinski definition) is 4. The molecule has 156 valence electrons. The van der Waals surface area contributed by atoms with Gasteiger partial charge in [-0.05, 0) is 67.5 Å². The van der Waals surface area contributed by atoms with E-state index in [2.05, 4.69) is 22.2 Å². The molecule has 0 unspecified atom stereocenters. The number of rotatable bonds is 8. The summed E-state index contributed by atoms with van der Waals surface area (Å²) >= 11 is 0. The van der Waals surface area contributed by atoms with E-state index in [1.165, 1.54) is 17.2 Å². The van der Waals surface area contributed by atoms with Gasteiger partial charge in [0.05, 0.1) is 10.9 Å². The molecule has 0 radical (unpaired) electrons. The lowest BCUT2D eigenvalue weighted by atomic mass is 9.88. The molecule has 7 heteroatoms. The molecule has 0 saturated heterocycles. The van der Waals surface area contributed by atoms with Crippen molar-refractivity contribution in [1.29, 1.82) is 0 Å². The molecule has 6 nitrogen and oxygen atoms in total. The molecule has 1 amide bonds. The zero-order chi connectivity index (χ0) is 20.9. The van der Waals surface area contributed by atoms with Gasteiger partial charge in [-0.15, -0.1) is 0 Å². The maximum Gasteiger partial charge on any atom is 0.258 e. The van der Waals surface area contributed by atoms with Crippen LogP contribution in [0, 0.1) is 6.92 Å². The standard InChI is InChI=1S/C22H28N2O4S/c1-3-13-23-29(26,27)18-11-12-21(16(2)14-18)28-15-22(25)24-20-10-6-8-17-7-4-5-9-19(17)20/h4-5,7,9,11-12,14,20,23H,3,6,8,10,13,15H2,1-2H3,(H,24,25)/t20-/m1/s1. The molecule has 0 fully saturated rings. The third kappa shape index (κ3) is 5.36. The maximum atomic E-state index is 12.4. The van der Waals surface area contributed by atoms with Crippen LogP contribution in [0.25, 0.3) is 0 Å². The van der Waals surface area contributed by atoms with Crippen molar-refractivity contribution in [2.24, 2.45) is 0 Å². The first-order valence-corrected chi connectivity index (χ1v) is 11.5. The monoisotopic (exact) mass is 416 g/mol. The molecule has 2 aromatic rings. The molecule has 0 saturated carbocycles. The maximum absolute atomic E-state index is 12.4. The molecule has 0 aliphatic heterocycles. The van der Waals surface area contributed by atoms with Crippen LogP contribution < -0.4 is 14.8 Å². The molecule has 0 spiro atoms. The van der Waals surface area contributed by atoms with Crippen molar-refractivity contribution in [1.82, 2.24) is 10.0 Å². The highest BCUT2D eigenvalue weighted by atomic mass is 32.2. The average Bonchev–Trinajstić information content (AvgIpc) is 2.71. The zero-order valence-electron chi connectivity index (χ0n) is 16.9. The zero-order valence-corrected chi connectivity index (χ0v) is 17.7. The predicted molar refractivity (Wildman–Crippen MR) is 112 cm³/mol. The number of sulfonamides is 1. The first-order chi connectivity index (χ1) is 13.9. The van der Waals surface area contributed by atoms with E-state index < -0.39 is 10.0 Å².